The second-order valence-corrected chi connectivity index (χ2v) is 6.17. The molecule has 5 heteroatoms. The van der Waals surface area contributed by atoms with Gasteiger partial charge in [0.05, 0.1) is 10.0 Å². The summed E-state index contributed by atoms with van der Waals surface area (Å²) >= 11 is 12.0. The minimum absolute atomic E-state index is 0.628. The van der Waals surface area contributed by atoms with Gasteiger partial charge in [0.25, 0.3) is 0 Å². The first-order chi connectivity index (χ1) is 9.69. The normalized spacial score (nSPS) is 17.6. The lowest BCUT2D eigenvalue weighted by Gasteiger charge is -2.32. The monoisotopic (exact) mass is 315 g/mol. The largest absolute Gasteiger partial charge is 0.318 e. The summed E-state index contributed by atoms with van der Waals surface area (Å²) in [6.45, 7) is 5.31. The van der Waals surface area contributed by atoms with E-state index in [1.54, 1.807) is 0 Å². The Hall–Kier alpha value is -0.320. The first kappa shape index (κ1) is 16.1. The summed E-state index contributed by atoms with van der Waals surface area (Å²) in [4.78, 5) is 2.48. The molecule has 3 nitrogen and oxygen atoms in total. The molecule has 1 saturated heterocycles. The van der Waals surface area contributed by atoms with E-state index in [-0.39, 0.29) is 0 Å². The van der Waals surface area contributed by atoms with Crippen LogP contribution < -0.4 is 10.6 Å². The highest BCUT2D eigenvalue weighted by molar-refractivity contribution is 6.42. The van der Waals surface area contributed by atoms with Crippen molar-refractivity contribution in [2.24, 2.45) is 0 Å². The van der Waals surface area contributed by atoms with Crippen LogP contribution in [-0.2, 0) is 6.54 Å². The molecule has 0 unspecified atom stereocenters. The number of piperidine rings is 1. The quantitative estimate of drug-likeness (QED) is 0.790. The molecule has 0 amide bonds. The van der Waals surface area contributed by atoms with Crippen LogP contribution in [-0.4, -0.2) is 44.2 Å². The highest BCUT2D eigenvalue weighted by Gasteiger charge is 2.18. The summed E-state index contributed by atoms with van der Waals surface area (Å²) in [6.07, 6.45) is 2.43. The van der Waals surface area contributed by atoms with Gasteiger partial charge in [-0.3, -0.25) is 4.90 Å². The van der Waals surface area contributed by atoms with Crippen molar-refractivity contribution in [3.63, 3.8) is 0 Å². The molecule has 1 aromatic carbocycles. The van der Waals surface area contributed by atoms with Gasteiger partial charge in [-0.15, -0.1) is 0 Å². The van der Waals surface area contributed by atoms with E-state index in [9.17, 15) is 0 Å². The molecule has 1 aliphatic rings. The van der Waals surface area contributed by atoms with Crippen molar-refractivity contribution in [1.29, 1.82) is 0 Å². The first-order valence-electron chi connectivity index (χ1n) is 7.23. The molecule has 0 atom stereocenters. The Kier molecular flexibility index (Phi) is 6.59. The standard InChI is InChI=1S/C15H23Cl2N3/c1-18-6-7-19-13-4-8-20(9-5-13)11-12-2-3-14(16)15(17)10-12/h2-3,10,13,18-19H,4-9,11H2,1H3. The van der Waals surface area contributed by atoms with Crippen molar-refractivity contribution in [3.05, 3.63) is 33.8 Å². The van der Waals surface area contributed by atoms with Crippen LogP contribution in [0.15, 0.2) is 18.2 Å². The van der Waals surface area contributed by atoms with Gasteiger partial charge in [-0.25, -0.2) is 0 Å². The second kappa shape index (κ2) is 8.20. The highest BCUT2D eigenvalue weighted by Crippen LogP contribution is 2.24. The number of rotatable bonds is 6. The number of nitrogens with one attached hydrogen (secondary N) is 2. The zero-order valence-electron chi connectivity index (χ0n) is 12.0. The maximum Gasteiger partial charge on any atom is 0.0595 e. The van der Waals surface area contributed by atoms with Crippen LogP contribution in [0.4, 0.5) is 0 Å². The molecule has 1 fully saturated rings. The van der Waals surface area contributed by atoms with E-state index in [4.69, 9.17) is 23.2 Å². The fourth-order valence-corrected chi connectivity index (χ4v) is 2.91. The fourth-order valence-electron chi connectivity index (χ4n) is 2.59. The Bertz CT molecular complexity index is 418. The SMILES string of the molecule is CNCCNC1CCN(Cc2ccc(Cl)c(Cl)c2)CC1. The summed E-state index contributed by atoms with van der Waals surface area (Å²) in [7, 11) is 1.99. The van der Waals surface area contributed by atoms with E-state index in [1.165, 1.54) is 18.4 Å². The van der Waals surface area contributed by atoms with Crippen molar-refractivity contribution in [2.75, 3.05) is 33.2 Å². The smallest absolute Gasteiger partial charge is 0.0595 e. The summed E-state index contributed by atoms with van der Waals surface area (Å²) in [5.41, 5.74) is 1.24. The van der Waals surface area contributed by atoms with Crippen LogP contribution in [0, 0.1) is 0 Å². The van der Waals surface area contributed by atoms with E-state index in [0.717, 1.165) is 32.7 Å². The maximum absolute atomic E-state index is 6.06. The molecule has 1 aromatic rings. The van der Waals surface area contributed by atoms with Gasteiger partial charge in [0.15, 0.2) is 0 Å². The number of halogens is 2. The molecule has 2 N–H and O–H groups in total. The summed E-state index contributed by atoms with van der Waals surface area (Å²) in [5, 5.41) is 8.03. The molecule has 0 radical (unpaired) electrons. The third-order valence-electron chi connectivity index (χ3n) is 3.79. The molecular weight excluding hydrogens is 293 g/mol. The molecule has 0 aliphatic carbocycles. The van der Waals surface area contributed by atoms with Gasteiger partial charge in [-0.2, -0.15) is 0 Å². The van der Waals surface area contributed by atoms with Crippen LogP contribution in [0.2, 0.25) is 10.0 Å². The molecule has 20 heavy (non-hydrogen) atoms. The third-order valence-corrected chi connectivity index (χ3v) is 4.52. The zero-order valence-corrected chi connectivity index (χ0v) is 13.5. The van der Waals surface area contributed by atoms with E-state index < -0.39 is 0 Å². The molecule has 112 valence electrons. The van der Waals surface area contributed by atoms with Gasteiger partial charge < -0.3 is 10.6 Å². The van der Waals surface area contributed by atoms with Gasteiger partial charge in [0.2, 0.25) is 0 Å². The second-order valence-electron chi connectivity index (χ2n) is 5.36. The van der Waals surface area contributed by atoms with Crippen molar-refractivity contribution in [1.82, 2.24) is 15.5 Å². The lowest BCUT2D eigenvalue weighted by molar-refractivity contribution is 0.191. The average Bonchev–Trinajstić information content (AvgIpc) is 2.45. The van der Waals surface area contributed by atoms with E-state index in [1.807, 2.05) is 19.2 Å². The Morgan fingerprint density at radius 3 is 2.55 bits per heavy atom. The molecular formula is C15H23Cl2N3. The number of likely N-dealkylation sites (tertiary alicyclic amines) is 1. The van der Waals surface area contributed by atoms with Crippen molar-refractivity contribution in [3.8, 4) is 0 Å². The molecule has 1 aliphatic heterocycles. The molecule has 0 bridgehead atoms. The molecule has 0 aromatic heterocycles. The molecule has 0 spiro atoms. The third kappa shape index (κ3) is 4.90. The van der Waals surface area contributed by atoms with E-state index >= 15 is 0 Å². The number of hydrogen-bond acceptors (Lipinski definition) is 3. The van der Waals surface area contributed by atoms with Crippen molar-refractivity contribution < 1.29 is 0 Å². The minimum Gasteiger partial charge on any atom is -0.318 e. The fraction of sp³-hybridized carbons (Fsp3) is 0.600. The summed E-state index contributed by atoms with van der Waals surface area (Å²) < 4.78 is 0. The van der Waals surface area contributed by atoms with Crippen LogP contribution in [0.25, 0.3) is 0 Å². The van der Waals surface area contributed by atoms with Crippen LogP contribution >= 0.6 is 23.2 Å². The predicted octanol–water partition coefficient (Wildman–Crippen LogP) is 2.77. The minimum atomic E-state index is 0.628. The number of nitrogens with zero attached hydrogens (tertiary/aromatic N) is 1. The first-order valence-corrected chi connectivity index (χ1v) is 7.99. The Morgan fingerprint density at radius 2 is 1.90 bits per heavy atom. The van der Waals surface area contributed by atoms with Crippen molar-refractivity contribution in [2.45, 2.75) is 25.4 Å². The van der Waals surface area contributed by atoms with Crippen LogP contribution in [0.5, 0.6) is 0 Å². The Balaban J connectivity index is 1.75. The van der Waals surface area contributed by atoms with Crippen molar-refractivity contribution >= 4 is 23.2 Å². The van der Waals surface area contributed by atoms with E-state index in [0.29, 0.717) is 16.1 Å². The van der Waals surface area contributed by atoms with Gasteiger partial charge in [0, 0.05) is 25.7 Å². The van der Waals surface area contributed by atoms with E-state index in [2.05, 4.69) is 21.6 Å². The Morgan fingerprint density at radius 1 is 1.15 bits per heavy atom. The maximum atomic E-state index is 6.06. The number of likely N-dealkylation sites (N-methyl/N-ethyl adjacent to an activating group) is 1. The Labute approximate surface area is 131 Å². The zero-order chi connectivity index (χ0) is 14.4. The lowest BCUT2D eigenvalue weighted by Crippen LogP contribution is -2.43. The number of hydrogen-bond donors (Lipinski definition) is 2. The molecule has 0 saturated carbocycles. The molecule has 2 rings (SSSR count). The number of benzene rings is 1. The topological polar surface area (TPSA) is 27.3 Å². The highest BCUT2D eigenvalue weighted by atomic mass is 35.5. The summed E-state index contributed by atoms with van der Waals surface area (Å²) in [6, 6.07) is 6.58. The van der Waals surface area contributed by atoms with Crippen LogP contribution in [0.1, 0.15) is 18.4 Å². The van der Waals surface area contributed by atoms with Gasteiger partial charge in [-0.05, 0) is 50.7 Å². The summed E-state index contributed by atoms with van der Waals surface area (Å²) in [5.74, 6) is 0. The van der Waals surface area contributed by atoms with Crippen LogP contribution in [0.3, 0.4) is 0 Å². The van der Waals surface area contributed by atoms with Gasteiger partial charge in [-0.1, -0.05) is 29.3 Å². The average molecular weight is 316 g/mol. The molecule has 1 heterocycles. The predicted molar refractivity (Wildman–Crippen MR) is 86.7 cm³/mol. The lowest BCUT2D eigenvalue weighted by atomic mass is 10.0. The van der Waals surface area contributed by atoms with Gasteiger partial charge in [0.1, 0.15) is 0 Å². The van der Waals surface area contributed by atoms with Gasteiger partial charge >= 0.3 is 0 Å².